The smallest absolute Gasteiger partial charge is 0.277 e. The highest BCUT2D eigenvalue weighted by Crippen LogP contribution is 2.34. The largest absolute Gasteiger partial charge is 0.491 e. The third-order valence-electron chi connectivity index (χ3n) is 5.71. The van der Waals surface area contributed by atoms with E-state index >= 15 is 0 Å². The van der Waals surface area contributed by atoms with Gasteiger partial charge in [-0.3, -0.25) is 14.5 Å². The van der Waals surface area contributed by atoms with Crippen molar-refractivity contribution in [1.82, 2.24) is 9.80 Å². The van der Waals surface area contributed by atoms with Gasteiger partial charge in [0, 0.05) is 32.8 Å². The first-order valence-electron chi connectivity index (χ1n) is 12.2. The number of benzene rings is 1. The summed E-state index contributed by atoms with van der Waals surface area (Å²) in [7, 11) is 0. The van der Waals surface area contributed by atoms with Crippen molar-refractivity contribution in [3.63, 3.8) is 0 Å². The number of hydrogen-bond donors (Lipinski definition) is 0. The predicted octanol–water partition coefficient (Wildman–Crippen LogP) is 3.87. The minimum Gasteiger partial charge on any atom is -0.491 e. The molecule has 2 amide bonds. The third-order valence-corrected chi connectivity index (χ3v) is 5.71. The summed E-state index contributed by atoms with van der Waals surface area (Å²) in [4.78, 5) is 30.4. The summed E-state index contributed by atoms with van der Waals surface area (Å²) in [6.45, 7) is 12.8. The van der Waals surface area contributed by atoms with Gasteiger partial charge < -0.3 is 19.1 Å². The molecule has 0 spiro atoms. The summed E-state index contributed by atoms with van der Waals surface area (Å²) in [6, 6.07) is 7.44. The molecule has 2 atom stereocenters. The van der Waals surface area contributed by atoms with Gasteiger partial charge in [0.25, 0.3) is 11.8 Å². The number of nitrogens with zero attached hydrogens (tertiary/aromatic N) is 2. The molecule has 1 fully saturated rings. The average molecular weight is 459 g/mol. The average Bonchev–Trinajstić information content (AvgIpc) is 3.00. The molecule has 2 aliphatic rings. The van der Waals surface area contributed by atoms with Gasteiger partial charge in [-0.15, -0.1) is 0 Å². The highest BCUT2D eigenvalue weighted by Gasteiger charge is 2.42. The summed E-state index contributed by atoms with van der Waals surface area (Å²) in [5.41, 5.74) is 1.67. The molecule has 1 aromatic rings. The van der Waals surface area contributed by atoms with Crippen molar-refractivity contribution < 1.29 is 23.8 Å². The molecule has 1 saturated heterocycles. The lowest BCUT2D eigenvalue weighted by Gasteiger charge is -2.37. The van der Waals surface area contributed by atoms with Gasteiger partial charge in [-0.25, -0.2) is 0 Å². The topological polar surface area (TPSA) is 68.3 Å². The number of morpholine rings is 1. The standard InChI is InChI=1S/C26H38N2O5/c1-6-7-14-31-15-8-13-28-25(29)23(21-9-11-22(12-10-21)32-18(2)3)24(26(28)30)27-16-19(4)33-20(5)17-27/h9-12,18-20H,6-8,13-17H2,1-5H3. The lowest BCUT2D eigenvalue weighted by molar-refractivity contribution is -0.138. The summed E-state index contributed by atoms with van der Waals surface area (Å²) in [5, 5.41) is 0. The SMILES string of the molecule is CCCCOCCCN1C(=O)C(c2ccc(OC(C)C)cc2)=C(N2CC(C)OC(C)C2)C1=O. The van der Waals surface area contributed by atoms with E-state index in [0.29, 0.717) is 50.5 Å². The van der Waals surface area contributed by atoms with Gasteiger partial charge in [0.05, 0.1) is 23.9 Å². The van der Waals surface area contributed by atoms with E-state index in [0.717, 1.165) is 24.2 Å². The Hall–Kier alpha value is -2.38. The highest BCUT2D eigenvalue weighted by atomic mass is 16.5. The van der Waals surface area contributed by atoms with Crippen LogP contribution in [0.3, 0.4) is 0 Å². The van der Waals surface area contributed by atoms with Crippen LogP contribution in [0.5, 0.6) is 5.75 Å². The summed E-state index contributed by atoms with van der Waals surface area (Å²) in [6.07, 6.45) is 2.74. The van der Waals surface area contributed by atoms with Gasteiger partial charge in [0.1, 0.15) is 11.4 Å². The molecular formula is C26H38N2O5. The van der Waals surface area contributed by atoms with Crippen LogP contribution in [0.25, 0.3) is 5.57 Å². The van der Waals surface area contributed by atoms with Crippen LogP contribution in [0.2, 0.25) is 0 Å². The number of amides is 2. The Bertz CT molecular complexity index is 839. The molecule has 33 heavy (non-hydrogen) atoms. The van der Waals surface area contributed by atoms with Gasteiger partial charge in [-0.2, -0.15) is 0 Å². The number of unbranched alkanes of at least 4 members (excludes halogenated alkanes) is 1. The van der Waals surface area contributed by atoms with Gasteiger partial charge in [-0.1, -0.05) is 25.5 Å². The molecule has 0 aromatic heterocycles. The summed E-state index contributed by atoms with van der Waals surface area (Å²) < 4.78 is 17.2. The van der Waals surface area contributed by atoms with Gasteiger partial charge in [-0.05, 0) is 58.2 Å². The fraction of sp³-hybridized carbons (Fsp3) is 0.615. The first-order valence-corrected chi connectivity index (χ1v) is 12.2. The van der Waals surface area contributed by atoms with Gasteiger partial charge >= 0.3 is 0 Å². The molecule has 0 N–H and O–H groups in total. The zero-order valence-corrected chi connectivity index (χ0v) is 20.6. The molecule has 2 heterocycles. The fourth-order valence-electron chi connectivity index (χ4n) is 4.33. The number of carbonyl (C=O) groups excluding carboxylic acids is 2. The quantitative estimate of drug-likeness (QED) is 0.370. The molecule has 2 unspecified atom stereocenters. The van der Waals surface area contributed by atoms with Crippen molar-refractivity contribution in [2.45, 2.75) is 72.2 Å². The summed E-state index contributed by atoms with van der Waals surface area (Å²) >= 11 is 0. The first-order chi connectivity index (χ1) is 15.8. The van der Waals surface area contributed by atoms with Crippen LogP contribution in [-0.4, -0.2) is 72.8 Å². The van der Waals surface area contributed by atoms with Crippen molar-refractivity contribution in [3.05, 3.63) is 35.5 Å². The zero-order valence-electron chi connectivity index (χ0n) is 20.6. The molecule has 0 bridgehead atoms. The number of hydrogen-bond acceptors (Lipinski definition) is 6. The summed E-state index contributed by atoms with van der Waals surface area (Å²) in [5.74, 6) is 0.266. The van der Waals surface area contributed by atoms with Gasteiger partial charge in [0.2, 0.25) is 0 Å². The molecule has 182 valence electrons. The zero-order chi connectivity index (χ0) is 24.0. The van der Waals surface area contributed by atoms with Crippen LogP contribution in [-0.2, 0) is 19.1 Å². The second-order valence-corrected chi connectivity index (χ2v) is 9.16. The van der Waals surface area contributed by atoms with Crippen molar-refractivity contribution >= 4 is 17.4 Å². The Labute approximate surface area is 197 Å². The van der Waals surface area contributed by atoms with Gasteiger partial charge in [0.15, 0.2) is 0 Å². The fourth-order valence-corrected chi connectivity index (χ4v) is 4.33. The van der Waals surface area contributed by atoms with Crippen LogP contribution in [0.4, 0.5) is 0 Å². The normalized spacial score (nSPS) is 21.5. The van der Waals surface area contributed by atoms with Crippen molar-refractivity contribution in [2.24, 2.45) is 0 Å². The predicted molar refractivity (Wildman–Crippen MR) is 128 cm³/mol. The van der Waals surface area contributed by atoms with E-state index < -0.39 is 0 Å². The van der Waals surface area contributed by atoms with E-state index in [9.17, 15) is 9.59 Å². The molecular weight excluding hydrogens is 420 g/mol. The molecule has 7 heteroatoms. The Morgan fingerprint density at radius 1 is 1.00 bits per heavy atom. The van der Waals surface area contributed by atoms with E-state index in [-0.39, 0.29) is 30.1 Å². The monoisotopic (exact) mass is 458 g/mol. The van der Waals surface area contributed by atoms with Crippen LogP contribution >= 0.6 is 0 Å². The molecule has 2 aliphatic heterocycles. The number of imide groups is 1. The second kappa shape index (κ2) is 11.7. The Balaban J connectivity index is 1.84. The minimum absolute atomic E-state index is 0.0202. The maximum absolute atomic E-state index is 13.5. The van der Waals surface area contributed by atoms with Crippen LogP contribution in [0, 0.1) is 0 Å². The van der Waals surface area contributed by atoms with Crippen LogP contribution < -0.4 is 4.74 Å². The molecule has 7 nitrogen and oxygen atoms in total. The van der Waals surface area contributed by atoms with Crippen molar-refractivity contribution in [1.29, 1.82) is 0 Å². The van der Waals surface area contributed by atoms with Crippen LogP contribution in [0.1, 0.15) is 59.4 Å². The number of rotatable bonds is 11. The van der Waals surface area contributed by atoms with E-state index in [2.05, 4.69) is 6.92 Å². The van der Waals surface area contributed by atoms with E-state index in [1.807, 2.05) is 56.9 Å². The molecule has 0 radical (unpaired) electrons. The molecule has 0 saturated carbocycles. The number of ether oxygens (including phenoxy) is 3. The lowest BCUT2D eigenvalue weighted by Crippen LogP contribution is -2.47. The Morgan fingerprint density at radius 2 is 1.64 bits per heavy atom. The van der Waals surface area contributed by atoms with Crippen LogP contribution in [0.15, 0.2) is 30.0 Å². The lowest BCUT2D eigenvalue weighted by atomic mass is 10.0. The molecule has 1 aromatic carbocycles. The second-order valence-electron chi connectivity index (χ2n) is 9.16. The molecule has 0 aliphatic carbocycles. The van der Waals surface area contributed by atoms with E-state index in [4.69, 9.17) is 14.2 Å². The van der Waals surface area contributed by atoms with E-state index in [1.54, 1.807) is 0 Å². The first kappa shape index (κ1) is 25.2. The van der Waals surface area contributed by atoms with Crippen molar-refractivity contribution in [3.8, 4) is 5.75 Å². The maximum atomic E-state index is 13.5. The third kappa shape index (κ3) is 6.36. The Morgan fingerprint density at radius 3 is 2.24 bits per heavy atom. The highest BCUT2D eigenvalue weighted by molar-refractivity contribution is 6.35. The molecule has 3 rings (SSSR count). The minimum atomic E-state index is -0.243. The number of carbonyl (C=O) groups is 2. The van der Waals surface area contributed by atoms with Crippen molar-refractivity contribution in [2.75, 3.05) is 32.8 Å². The van der Waals surface area contributed by atoms with E-state index in [1.165, 1.54) is 4.90 Å². The Kier molecular flexibility index (Phi) is 8.92. The maximum Gasteiger partial charge on any atom is 0.277 e.